The number of ether oxygens (including phenoxy) is 1. The number of carboxylic acid groups (broad SMARTS) is 1. The van der Waals surface area contributed by atoms with E-state index in [1.807, 2.05) is 0 Å². The van der Waals surface area contributed by atoms with E-state index in [4.69, 9.17) is 9.84 Å². The largest absolute Gasteiger partial charge is 0.480 e. The van der Waals surface area contributed by atoms with Crippen molar-refractivity contribution in [2.75, 3.05) is 7.11 Å². The van der Waals surface area contributed by atoms with Crippen LogP contribution in [0, 0.1) is 0 Å². The Kier molecular flexibility index (Phi) is 2.78. The number of carboxylic acids is 1. The van der Waals surface area contributed by atoms with E-state index in [0.29, 0.717) is 16.6 Å². The summed E-state index contributed by atoms with van der Waals surface area (Å²) in [6.07, 6.45) is 1.30. The molecular formula is C9H7N3O3S. The minimum absolute atomic E-state index is 0.174. The summed E-state index contributed by atoms with van der Waals surface area (Å²) in [5.41, 5.74) is 0.526. The third-order valence-corrected chi connectivity index (χ3v) is 2.79. The molecule has 16 heavy (non-hydrogen) atoms. The predicted molar refractivity (Wildman–Crippen MR) is 56.7 cm³/mol. The van der Waals surface area contributed by atoms with Gasteiger partial charge in [-0.25, -0.2) is 9.78 Å². The van der Waals surface area contributed by atoms with Crippen LogP contribution in [0.4, 0.5) is 0 Å². The summed E-state index contributed by atoms with van der Waals surface area (Å²) >= 11 is 1.05. The van der Waals surface area contributed by atoms with Crippen molar-refractivity contribution in [3.63, 3.8) is 0 Å². The first kappa shape index (κ1) is 10.5. The van der Waals surface area contributed by atoms with Gasteiger partial charge in [0.05, 0.1) is 13.3 Å². The lowest BCUT2D eigenvalue weighted by Gasteiger charge is -1.97. The van der Waals surface area contributed by atoms with Crippen molar-refractivity contribution in [2.24, 2.45) is 0 Å². The molecule has 0 amide bonds. The molecule has 0 aromatic carbocycles. The predicted octanol–water partition coefficient (Wildman–Crippen LogP) is 1.31. The number of carbonyl (C=O) groups is 1. The fraction of sp³-hybridized carbons (Fsp3) is 0.111. The summed E-state index contributed by atoms with van der Waals surface area (Å²) in [4.78, 5) is 14.8. The summed E-state index contributed by atoms with van der Waals surface area (Å²) < 4.78 is 4.86. The van der Waals surface area contributed by atoms with Crippen molar-refractivity contribution >= 4 is 17.3 Å². The second-order valence-electron chi connectivity index (χ2n) is 2.80. The van der Waals surface area contributed by atoms with Crippen LogP contribution in [0.25, 0.3) is 10.7 Å². The Bertz CT molecular complexity index is 509. The Labute approximate surface area is 94.6 Å². The van der Waals surface area contributed by atoms with Gasteiger partial charge in [0.25, 0.3) is 0 Å². The Hall–Kier alpha value is -2.02. The molecule has 2 aromatic rings. The minimum atomic E-state index is -0.995. The number of hydrogen-bond acceptors (Lipinski definition) is 6. The van der Waals surface area contributed by atoms with Gasteiger partial charge in [-0.15, -0.1) is 21.5 Å². The molecule has 7 heteroatoms. The molecule has 2 rings (SSSR count). The van der Waals surface area contributed by atoms with E-state index < -0.39 is 5.97 Å². The maximum absolute atomic E-state index is 10.7. The van der Waals surface area contributed by atoms with Crippen LogP contribution in [-0.4, -0.2) is 33.4 Å². The molecule has 2 aromatic heterocycles. The van der Waals surface area contributed by atoms with E-state index in [0.717, 1.165) is 11.3 Å². The van der Waals surface area contributed by atoms with Crippen molar-refractivity contribution in [1.29, 1.82) is 0 Å². The smallest absolute Gasteiger partial charge is 0.347 e. The first-order valence-corrected chi connectivity index (χ1v) is 5.09. The highest BCUT2D eigenvalue weighted by molar-refractivity contribution is 7.16. The topological polar surface area (TPSA) is 85.2 Å². The van der Waals surface area contributed by atoms with Crippen LogP contribution < -0.4 is 4.74 Å². The first-order chi connectivity index (χ1) is 7.70. The van der Waals surface area contributed by atoms with Crippen LogP contribution in [0.5, 0.6) is 5.88 Å². The maximum atomic E-state index is 10.7. The molecule has 0 fully saturated rings. The quantitative estimate of drug-likeness (QED) is 0.866. The fourth-order valence-electron chi connectivity index (χ4n) is 1.03. The van der Waals surface area contributed by atoms with Gasteiger partial charge in [-0.2, -0.15) is 0 Å². The Morgan fingerprint density at radius 3 is 2.75 bits per heavy atom. The Morgan fingerprint density at radius 1 is 1.44 bits per heavy atom. The highest BCUT2D eigenvalue weighted by atomic mass is 32.1. The van der Waals surface area contributed by atoms with Gasteiger partial charge in [0, 0.05) is 6.07 Å². The molecule has 0 saturated carbocycles. The van der Waals surface area contributed by atoms with E-state index in [9.17, 15) is 4.79 Å². The van der Waals surface area contributed by atoms with E-state index >= 15 is 0 Å². The van der Waals surface area contributed by atoms with Crippen molar-refractivity contribution in [1.82, 2.24) is 15.2 Å². The molecule has 0 saturated heterocycles. The molecular weight excluding hydrogens is 230 g/mol. The van der Waals surface area contributed by atoms with Crippen LogP contribution in [0.1, 0.15) is 9.67 Å². The van der Waals surface area contributed by atoms with Gasteiger partial charge in [-0.3, -0.25) is 0 Å². The van der Waals surface area contributed by atoms with Gasteiger partial charge in [0.1, 0.15) is 15.6 Å². The van der Waals surface area contributed by atoms with Gasteiger partial charge in [0.2, 0.25) is 5.88 Å². The monoisotopic (exact) mass is 237 g/mol. The SMILES string of the molecule is COc1ccc(-c2ncc(C(=O)O)s2)nn1. The number of methoxy groups -OCH3 is 1. The third kappa shape index (κ3) is 1.98. The van der Waals surface area contributed by atoms with E-state index in [1.54, 1.807) is 12.1 Å². The second kappa shape index (κ2) is 4.23. The molecule has 6 nitrogen and oxygen atoms in total. The number of nitrogens with zero attached hydrogens (tertiary/aromatic N) is 3. The lowest BCUT2D eigenvalue weighted by atomic mass is 10.4. The molecule has 0 aliphatic carbocycles. The van der Waals surface area contributed by atoms with Crippen molar-refractivity contribution in [3.8, 4) is 16.6 Å². The average Bonchev–Trinajstić information content (AvgIpc) is 2.78. The Morgan fingerprint density at radius 2 is 2.25 bits per heavy atom. The van der Waals surface area contributed by atoms with Gasteiger partial charge >= 0.3 is 5.97 Å². The second-order valence-corrected chi connectivity index (χ2v) is 3.83. The molecule has 0 atom stereocenters. The summed E-state index contributed by atoms with van der Waals surface area (Å²) in [5.74, 6) is -0.594. The number of hydrogen-bond donors (Lipinski definition) is 1. The standard InChI is InChI=1S/C9H7N3O3S/c1-15-7-3-2-5(11-12-7)8-10-4-6(16-8)9(13)14/h2-4H,1H3,(H,13,14). The summed E-state index contributed by atoms with van der Waals surface area (Å²) in [6, 6.07) is 3.32. The van der Waals surface area contributed by atoms with Crippen molar-refractivity contribution < 1.29 is 14.6 Å². The van der Waals surface area contributed by atoms with Crippen molar-refractivity contribution in [2.45, 2.75) is 0 Å². The molecule has 82 valence electrons. The lowest BCUT2D eigenvalue weighted by Crippen LogP contribution is -1.91. The van der Waals surface area contributed by atoms with E-state index in [1.165, 1.54) is 13.3 Å². The maximum Gasteiger partial charge on any atom is 0.347 e. The molecule has 2 heterocycles. The first-order valence-electron chi connectivity index (χ1n) is 4.28. The van der Waals surface area contributed by atoms with Gasteiger partial charge in [-0.05, 0) is 6.07 Å². The molecule has 0 unspecified atom stereocenters. The van der Waals surface area contributed by atoms with Crippen LogP contribution in [0.2, 0.25) is 0 Å². The van der Waals surface area contributed by atoms with Crippen LogP contribution in [0.15, 0.2) is 18.3 Å². The summed E-state index contributed by atoms with van der Waals surface area (Å²) in [7, 11) is 1.50. The van der Waals surface area contributed by atoms with Gasteiger partial charge < -0.3 is 9.84 Å². The normalized spacial score (nSPS) is 10.1. The molecule has 0 aliphatic rings. The van der Waals surface area contributed by atoms with Crippen LogP contribution in [0.3, 0.4) is 0 Å². The fourth-order valence-corrected chi connectivity index (χ4v) is 1.75. The van der Waals surface area contributed by atoms with Gasteiger partial charge in [-0.1, -0.05) is 0 Å². The molecule has 0 bridgehead atoms. The zero-order valence-corrected chi connectivity index (χ0v) is 9.06. The van der Waals surface area contributed by atoms with E-state index in [-0.39, 0.29) is 4.88 Å². The summed E-state index contributed by atoms with van der Waals surface area (Å²) in [5, 5.41) is 16.9. The highest BCUT2D eigenvalue weighted by Gasteiger charge is 2.11. The highest BCUT2D eigenvalue weighted by Crippen LogP contribution is 2.23. The lowest BCUT2D eigenvalue weighted by molar-refractivity contribution is 0.0702. The summed E-state index contributed by atoms with van der Waals surface area (Å²) in [6.45, 7) is 0. The molecule has 0 spiro atoms. The molecule has 0 radical (unpaired) electrons. The van der Waals surface area contributed by atoms with Crippen LogP contribution >= 0.6 is 11.3 Å². The zero-order valence-electron chi connectivity index (χ0n) is 8.25. The average molecular weight is 237 g/mol. The third-order valence-electron chi connectivity index (χ3n) is 1.78. The number of thiazole rings is 1. The molecule has 0 aliphatic heterocycles. The van der Waals surface area contributed by atoms with E-state index in [2.05, 4.69) is 15.2 Å². The van der Waals surface area contributed by atoms with Gasteiger partial charge in [0.15, 0.2) is 0 Å². The zero-order chi connectivity index (χ0) is 11.5. The molecule has 1 N–H and O–H groups in total. The van der Waals surface area contributed by atoms with Crippen molar-refractivity contribution in [3.05, 3.63) is 23.2 Å². The number of aromatic nitrogens is 3. The van der Waals surface area contributed by atoms with Crippen LogP contribution in [-0.2, 0) is 0 Å². The number of aromatic carboxylic acids is 1. The Balaban J connectivity index is 2.31. The minimum Gasteiger partial charge on any atom is -0.480 e. The number of rotatable bonds is 3.